The predicted molar refractivity (Wildman–Crippen MR) is 129 cm³/mol. The van der Waals surface area contributed by atoms with Crippen molar-refractivity contribution >= 4 is 40.7 Å². The van der Waals surface area contributed by atoms with Gasteiger partial charge < -0.3 is 28.4 Å². The monoisotopic (exact) mass is 488 g/mol. The van der Waals surface area contributed by atoms with E-state index < -0.39 is 0 Å². The fraction of sp³-hybridized carbons (Fsp3) is 1.00. The molecule has 0 radical (unpaired) electrons. The minimum atomic E-state index is 0. The lowest BCUT2D eigenvalue weighted by atomic mass is 10.8. The van der Waals surface area contributed by atoms with E-state index in [1.54, 1.807) is 42.7 Å². The number of hydrogen-bond acceptors (Lipinski definition) is 6. The van der Waals surface area contributed by atoms with E-state index in [0.29, 0.717) is 0 Å². The van der Waals surface area contributed by atoms with Crippen molar-refractivity contribution < 1.29 is 28.4 Å². The molecular weight excluding hydrogens is 445 g/mol. The van der Waals surface area contributed by atoms with Gasteiger partial charge in [-0.1, -0.05) is 15.8 Å². The quantitative estimate of drug-likeness (QED) is 0.274. The van der Waals surface area contributed by atoms with Gasteiger partial charge in [0, 0.05) is 42.7 Å². The summed E-state index contributed by atoms with van der Waals surface area (Å²) in [7, 11) is 10.6. The maximum atomic E-state index is 5.07. The van der Waals surface area contributed by atoms with Crippen molar-refractivity contribution in [3.05, 3.63) is 0 Å². The molecule has 0 aliphatic rings. The van der Waals surface area contributed by atoms with Crippen LogP contribution in [0.1, 0.15) is 0 Å². The second kappa shape index (κ2) is 32.9. The van der Waals surface area contributed by atoms with Crippen molar-refractivity contribution in [2.24, 2.45) is 0 Å². The Morgan fingerprint density at radius 3 is 0.607 bits per heavy atom. The Balaban J connectivity index is -0.000000192. The topological polar surface area (TPSA) is 55.4 Å². The van der Waals surface area contributed by atoms with Crippen LogP contribution < -0.4 is 0 Å². The summed E-state index contributed by atoms with van der Waals surface area (Å²) in [5.41, 5.74) is 0. The summed E-state index contributed by atoms with van der Waals surface area (Å²) in [4.78, 5) is 0. The van der Waals surface area contributed by atoms with Crippen LogP contribution in [0.3, 0.4) is 0 Å². The number of methoxy groups -OCH3 is 6. The zero-order valence-electron chi connectivity index (χ0n) is 18.6. The molecule has 0 fully saturated rings. The van der Waals surface area contributed by atoms with Crippen molar-refractivity contribution in [1.82, 2.24) is 0 Å². The van der Waals surface area contributed by atoms with Crippen LogP contribution in [-0.2, 0) is 28.4 Å². The molecule has 0 atom stereocenters. The molecule has 10 heteroatoms. The third kappa shape index (κ3) is 29.4. The van der Waals surface area contributed by atoms with Crippen LogP contribution in [0.5, 0.6) is 0 Å². The standard InChI is InChI=1S/2C9H21O3P.2ClH/c2*1-10-4-7-13(8-5-11-2)9-6-12-3;;/h2*4-9H2,1-3H3;2*1H. The maximum Gasteiger partial charge on any atom is 0.0501 e. The van der Waals surface area contributed by atoms with Gasteiger partial charge in [0.15, 0.2) is 0 Å². The van der Waals surface area contributed by atoms with E-state index in [4.69, 9.17) is 28.4 Å². The molecule has 0 unspecified atom stereocenters. The fourth-order valence-electron chi connectivity index (χ4n) is 1.99. The molecule has 0 saturated heterocycles. The van der Waals surface area contributed by atoms with E-state index in [-0.39, 0.29) is 40.7 Å². The van der Waals surface area contributed by atoms with Gasteiger partial charge in [-0.25, -0.2) is 0 Å². The highest BCUT2D eigenvalue weighted by Gasteiger charge is 2.07. The lowest BCUT2D eigenvalue weighted by molar-refractivity contribution is 0.209. The molecule has 0 N–H and O–H groups in total. The number of halogens is 2. The highest BCUT2D eigenvalue weighted by Crippen LogP contribution is 2.34. The van der Waals surface area contributed by atoms with Gasteiger partial charge in [0.25, 0.3) is 0 Å². The Labute approximate surface area is 188 Å². The largest absolute Gasteiger partial charge is 0.384 e. The molecular formula is C18H44Cl2O6P2. The molecule has 0 saturated carbocycles. The summed E-state index contributed by atoms with van der Waals surface area (Å²) in [5, 5.41) is 0. The fourth-order valence-corrected chi connectivity index (χ4v) is 5.98. The Bertz CT molecular complexity index is 198. The average molecular weight is 489 g/mol. The highest BCUT2D eigenvalue weighted by molar-refractivity contribution is 7.58. The summed E-state index contributed by atoms with van der Waals surface area (Å²) in [6.45, 7) is 5.16. The molecule has 0 aliphatic carbocycles. The van der Waals surface area contributed by atoms with Crippen LogP contribution in [-0.4, -0.2) is 119 Å². The molecule has 0 spiro atoms. The van der Waals surface area contributed by atoms with Crippen molar-refractivity contribution in [3.63, 3.8) is 0 Å². The van der Waals surface area contributed by atoms with Crippen molar-refractivity contribution in [2.45, 2.75) is 0 Å². The van der Waals surface area contributed by atoms with E-state index in [0.717, 1.165) is 39.6 Å². The van der Waals surface area contributed by atoms with Gasteiger partial charge in [-0.2, -0.15) is 0 Å². The summed E-state index contributed by atoms with van der Waals surface area (Å²) in [6.07, 6.45) is 6.99. The molecule has 0 aromatic rings. The van der Waals surface area contributed by atoms with Crippen LogP contribution in [0, 0.1) is 0 Å². The van der Waals surface area contributed by atoms with E-state index in [1.165, 1.54) is 37.0 Å². The lowest BCUT2D eigenvalue weighted by Crippen LogP contribution is -2.07. The second-order valence-corrected chi connectivity index (χ2v) is 11.0. The second-order valence-electron chi connectivity index (χ2n) is 5.64. The normalized spacial score (nSPS) is 10.3. The van der Waals surface area contributed by atoms with Crippen molar-refractivity contribution in [2.75, 3.05) is 119 Å². The molecule has 0 rings (SSSR count). The first-order valence-electron chi connectivity index (χ1n) is 9.08. The van der Waals surface area contributed by atoms with Gasteiger partial charge in [0.2, 0.25) is 0 Å². The SMILES string of the molecule is COCCP(CCOC)CCOC.COCCP(CCOC)CCOC.Cl.Cl. The van der Waals surface area contributed by atoms with Gasteiger partial charge in [0.1, 0.15) is 0 Å². The molecule has 176 valence electrons. The van der Waals surface area contributed by atoms with Crippen molar-refractivity contribution in [3.8, 4) is 0 Å². The summed E-state index contributed by atoms with van der Waals surface area (Å²) >= 11 is 0. The first-order chi connectivity index (χ1) is 12.7. The summed E-state index contributed by atoms with van der Waals surface area (Å²) in [5.74, 6) is 0. The molecule has 0 aromatic carbocycles. The third-order valence-corrected chi connectivity index (χ3v) is 8.56. The van der Waals surface area contributed by atoms with Crippen LogP contribution >= 0.6 is 40.7 Å². The smallest absolute Gasteiger partial charge is 0.0501 e. The highest BCUT2D eigenvalue weighted by atomic mass is 35.5. The van der Waals surface area contributed by atoms with E-state index in [2.05, 4.69) is 0 Å². The van der Waals surface area contributed by atoms with Gasteiger partial charge >= 0.3 is 0 Å². The van der Waals surface area contributed by atoms with Crippen LogP contribution in [0.2, 0.25) is 0 Å². The number of rotatable bonds is 18. The van der Waals surface area contributed by atoms with Crippen LogP contribution in [0.25, 0.3) is 0 Å². The molecule has 0 bridgehead atoms. The zero-order valence-corrected chi connectivity index (χ0v) is 22.1. The van der Waals surface area contributed by atoms with Crippen LogP contribution in [0.4, 0.5) is 0 Å². The Hall–Kier alpha value is 1.20. The molecule has 0 aromatic heterocycles. The molecule has 28 heavy (non-hydrogen) atoms. The number of hydrogen-bond donors (Lipinski definition) is 0. The first kappa shape index (κ1) is 36.6. The molecule has 0 amide bonds. The van der Waals surface area contributed by atoms with Crippen molar-refractivity contribution in [1.29, 1.82) is 0 Å². The molecule has 0 aliphatic heterocycles. The average Bonchev–Trinajstić information content (AvgIpc) is 2.67. The first-order valence-corrected chi connectivity index (χ1v) is 12.9. The minimum absolute atomic E-state index is 0. The van der Waals surface area contributed by atoms with E-state index in [1.807, 2.05) is 0 Å². The van der Waals surface area contributed by atoms with Gasteiger partial charge in [0.05, 0.1) is 39.6 Å². The summed E-state index contributed by atoms with van der Waals surface area (Å²) in [6, 6.07) is 0. The minimum Gasteiger partial charge on any atom is -0.384 e. The third-order valence-electron chi connectivity index (χ3n) is 3.67. The predicted octanol–water partition coefficient (Wildman–Crippen LogP) is 3.66. The van der Waals surface area contributed by atoms with E-state index >= 15 is 0 Å². The lowest BCUT2D eigenvalue weighted by Gasteiger charge is -2.16. The Morgan fingerprint density at radius 1 is 0.357 bits per heavy atom. The van der Waals surface area contributed by atoms with E-state index in [9.17, 15) is 0 Å². The Morgan fingerprint density at radius 2 is 0.500 bits per heavy atom. The number of ether oxygens (including phenoxy) is 6. The summed E-state index contributed by atoms with van der Waals surface area (Å²) < 4.78 is 30.4. The molecule has 0 heterocycles. The maximum absolute atomic E-state index is 5.07. The zero-order chi connectivity index (χ0) is 19.9. The van der Waals surface area contributed by atoms with Gasteiger partial charge in [-0.05, 0) is 37.0 Å². The van der Waals surface area contributed by atoms with Gasteiger partial charge in [-0.15, -0.1) is 24.8 Å². The molecule has 6 nitrogen and oxygen atoms in total. The van der Waals surface area contributed by atoms with Crippen LogP contribution in [0.15, 0.2) is 0 Å². The van der Waals surface area contributed by atoms with Gasteiger partial charge in [-0.3, -0.25) is 0 Å². The Kier molecular flexibility index (Phi) is 42.9.